The third-order valence-corrected chi connectivity index (χ3v) is 4.35. The van der Waals surface area contributed by atoms with Gasteiger partial charge in [-0.1, -0.05) is 30.3 Å². The van der Waals surface area contributed by atoms with Crippen LogP contribution >= 0.6 is 0 Å². The Morgan fingerprint density at radius 1 is 1.04 bits per heavy atom. The van der Waals surface area contributed by atoms with Gasteiger partial charge in [0.05, 0.1) is 5.56 Å². The van der Waals surface area contributed by atoms with Crippen molar-refractivity contribution in [1.29, 1.82) is 0 Å². The third kappa shape index (κ3) is 3.19. The lowest BCUT2D eigenvalue weighted by molar-refractivity contribution is 0.0252. The fraction of sp³-hybridized carbons (Fsp3) is 0.0952. The maximum Gasteiger partial charge on any atom is 0.339 e. The number of carbonyl (C=O) groups excluding carboxylic acids is 2. The zero-order valence-electron chi connectivity index (χ0n) is 13.9. The van der Waals surface area contributed by atoms with E-state index < -0.39 is 0 Å². The summed E-state index contributed by atoms with van der Waals surface area (Å²) in [6.07, 6.45) is 3.43. The summed E-state index contributed by atoms with van der Waals surface area (Å²) in [5.74, 6) is -0.588. The molecule has 3 aromatic rings. The number of ether oxygens (including phenoxy) is 1. The van der Waals surface area contributed by atoms with Crippen LogP contribution in [0.1, 0.15) is 37.9 Å². The van der Waals surface area contributed by atoms with Crippen molar-refractivity contribution in [2.24, 2.45) is 0 Å². The number of fused-ring (bicyclic) bond motifs is 1. The molecule has 0 spiro atoms. The van der Waals surface area contributed by atoms with E-state index in [1.165, 1.54) is 0 Å². The zero-order valence-corrected chi connectivity index (χ0v) is 13.9. The number of cyclic esters (lactones) is 1. The molecule has 1 aliphatic rings. The Morgan fingerprint density at radius 3 is 2.58 bits per heavy atom. The Hall–Kier alpha value is -3.47. The second kappa shape index (κ2) is 6.80. The van der Waals surface area contributed by atoms with Crippen molar-refractivity contribution in [3.8, 4) is 0 Å². The minimum absolute atomic E-state index is 0.228. The smallest absolute Gasteiger partial charge is 0.339 e. The number of anilines is 1. The van der Waals surface area contributed by atoms with Gasteiger partial charge >= 0.3 is 5.97 Å². The highest BCUT2D eigenvalue weighted by atomic mass is 16.5. The van der Waals surface area contributed by atoms with E-state index in [4.69, 9.17) is 4.74 Å². The summed E-state index contributed by atoms with van der Waals surface area (Å²) in [6.45, 7) is 0. The molecule has 0 fully saturated rings. The van der Waals surface area contributed by atoms with Gasteiger partial charge in [-0.3, -0.25) is 9.78 Å². The lowest BCUT2D eigenvalue weighted by Crippen LogP contribution is -2.23. The molecule has 1 N–H and O–H groups in total. The average molecular weight is 344 g/mol. The fourth-order valence-corrected chi connectivity index (χ4v) is 3.03. The molecule has 0 saturated carbocycles. The van der Waals surface area contributed by atoms with Gasteiger partial charge in [0.15, 0.2) is 0 Å². The standard InChI is InChI=1S/C21H16N2O3/c24-20(23-17-8-10-22-11-9-17)15-6-7-18-16(12-15)13-19(26-21(18)25)14-4-2-1-3-5-14/h1-12,19H,13H2,(H,22,23,24)/t19-/m0/s1. The van der Waals surface area contributed by atoms with Crippen molar-refractivity contribution in [3.63, 3.8) is 0 Å². The van der Waals surface area contributed by atoms with Crippen molar-refractivity contribution in [1.82, 2.24) is 4.98 Å². The second-order valence-electron chi connectivity index (χ2n) is 6.07. The van der Waals surface area contributed by atoms with Crippen molar-refractivity contribution < 1.29 is 14.3 Å². The number of aromatic nitrogens is 1. The van der Waals surface area contributed by atoms with Gasteiger partial charge in [-0.15, -0.1) is 0 Å². The maximum absolute atomic E-state index is 12.5. The first-order valence-corrected chi connectivity index (χ1v) is 8.31. The second-order valence-corrected chi connectivity index (χ2v) is 6.07. The fourth-order valence-electron chi connectivity index (χ4n) is 3.03. The summed E-state index contributed by atoms with van der Waals surface area (Å²) in [4.78, 5) is 28.7. The molecule has 2 heterocycles. The lowest BCUT2D eigenvalue weighted by atomic mass is 9.93. The van der Waals surface area contributed by atoms with Crippen LogP contribution in [0.2, 0.25) is 0 Å². The number of nitrogens with zero attached hydrogens (tertiary/aromatic N) is 1. The number of benzene rings is 2. The summed E-state index contributed by atoms with van der Waals surface area (Å²) in [5.41, 5.74) is 3.44. The molecule has 0 bridgehead atoms. The number of carbonyl (C=O) groups is 2. The van der Waals surface area contributed by atoms with Crippen LogP contribution in [0.3, 0.4) is 0 Å². The molecule has 5 nitrogen and oxygen atoms in total. The summed E-state index contributed by atoms with van der Waals surface area (Å²) < 4.78 is 5.55. The largest absolute Gasteiger partial charge is 0.454 e. The number of nitrogens with one attached hydrogen (secondary N) is 1. The summed E-state index contributed by atoms with van der Waals surface area (Å²) in [7, 11) is 0. The molecule has 1 atom stereocenters. The van der Waals surface area contributed by atoms with E-state index in [1.807, 2.05) is 30.3 Å². The molecule has 26 heavy (non-hydrogen) atoms. The predicted molar refractivity (Wildman–Crippen MR) is 96.9 cm³/mol. The Kier molecular flexibility index (Phi) is 4.19. The molecule has 5 heteroatoms. The summed E-state index contributed by atoms with van der Waals surface area (Å²) in [5, 5.41) is 2.82. The Bertz CT molecular complexity index is 956. The van der Waals surface area contributed by atoms with Gasteiger partial charge in [-0.05, 0) is 41.5 Å². The molecular formula is C21H16N2O3. The molecule has 1 amide bonds. The number of pyridine rings is 1. The van der Waals surface area contributed by atoms with Gasteiger partial charge in [-0.25, -0.2) is 4.79 Å². The van der Waals surface area contributed by atoms with E-state index in [0.717, 1.165) is 11.1 Å². The highest BCUT2D eigenvalue weighted by molar-refractivity contribution is 6.05. The van der Waals surface area contributed by atoms with Gasteiger partial charge in [0.25, 0.3) is 5.91 Å². The Morgan fingerprint density at radius 2 is 1.81 bits per heavy atom. The number of hydrogen-bond acceptors (Lipinski definition) is 4. The van der Waals surface area contributed by atoms with Crippen molar-refractivity contribution in [2.75, 3.05) is 5.32 Å². The summed E-state index contributed by atoms with van der Waals surface area (Å²) in [6, 6.07) is 18.1. The van der Waals surface area contributed by atoms with Gasteiger partial charge in [-0.2, -0.15) is 0 Å². The number of esters is 1. The van der Waals surface area contributed by atoms with Crippen LogP contribution in [0.5, 0.6) is 0 Å². The van der Waals surface area contributed by atoms with Crippen LogP contribution in [0.4, 0.5) is 5.69 Å². The first-order chi connectivity index (χ1) is 12.7. The molecule has 128 valence electrons. The highest BCUT2D eigenvalue weighted by Gasteiger charge is 2.28. The predicted octanol–water partition coefficient (Wildman–Crippen LogP) is 3.79. The topological polar surface area (TPSA) is 68.3 Å². The van der Waals surface area contributed by atoms with Crippen LogP contribution in [0, 0.1) is 0 Å². The number of hydrogen-bond donors (Lipinski definition) is 1. The van der Waals surface area contributed by atoms with E-state index in [-0.39, 0.29) is 18.0 Å². The number of rotatable bonds is 3. The van der Waals surface area contributed by atoms with Gasteiger partial charge < -0.3 is 10.1 Å². The van der Waals surface area contributed by atoms with E-state index in [1.54, 1.807) is 42.7 Å². The van der Waals surface area contributed by atoms with E-state index >= 15 is 0 Å². The maximum atomic E-state index is 12.5. The minimum Gasteiger partial charge on any atom is -0.454 e. The molecule has 0 aliphatic carbocycles. The normalized spacial score (nSPS) is 15.7. The molecule has 1 aliphatic heterocycles. The molecule has 2 aromatic carbocycles. The minimum atomic E-state index is -0.360. The van der Waals surface area contributed by atoms with Crippen LogP contribution in [-0.4, -0.2) is 16.9 Å². The van der Waals surface area contributed by atoms with Crippen LogP contribution in [0.25, 0.3) is 0 Å². The lowest BCUT2D eigenvalue weighted by Gasteiger charge is -2.25. The quantitative estimate of drug-likeness (QED) is 0.734. The average Bonchev–Trinajstić information content (AvgIpc) is 2.69. The summed E-state index contributed by atoms with van der Waals surface area (Å²) >= 11 is 0. The van der Waals surface area contributed by atoms with E-state index in [9.17, 15) is 9.59 Å². The SMILES string of the molecule is O=C(Nc1ccncc1)c1ccc2c(c1)C[C@@H](c1ccccc1)OC2=O. The van der Waals surface area contributed by atoms with Crippen LogP contribution < -0.4 is 5.32 Å². The van der Waals surface area contributed by atoms with Crippen LogP contribution in [-0.2, 0) is 11.2 Å². The molecular weight excluding hydrogens is 328 g/mol. The van der Waals surface area contributed by atoms with Crippen molar-refractivity contribution in [3.05, 3.63) is 95.3 Å². The third-order valence-electron chi connectivity index (χ3n) is 4.35. The Balaban J connectivity index is 1.60. The first-order valence-electron chi connectivity index (χ1n) is 8.31. The van der Waals surface area contributed by atoms with E-state index in [0.29, 0.717) is 23.2 Å². The van der Waals surface area contributed by atoms with Crippen molar-refractivity contribution >= 4 is 17.6 Å². The molecule has 0 unspecified atom stereocenters. The number of amides is 1. The van der Waals surface area contributed by atoms with Gasteiger partial charge in [0.2, 0.25) is 0 Å². The Labute approximate surface area is 150 Å². The highest BCUT2D eigenvalue weighted by Crippen LogP contribution is 2.31. The first kappa shape index (κ1) is 16.0. The molecule has 0 radical (unpaired) electrons. The zero-order chi connectivity index (χ0) is 17.9. The molecule has 1 aromatic heterocycles. The van der Waals surface area contributed by atoms with Crippen molar-refractivity contribution in [2.45, 2.75) is 12.5 Å². The van der Waals surface area contributed by atoms with Gasteiger partial charge in [0.1, 0.15) is 6.10 Å². The van der Waals surface area contributed by atoms with Crippen LogP contribution in [0.15, 0.2) is 73.1 Å². The van der Waals surface area contributed by atoms with Gasteiger partial charge in [0, 0.05) is 30.1 Å². The molecule has 0 saturated heterocycles. The monoisotopic (exact) mass is 344 g/mol. The molecule has 4 rings (SSSR count). The van der Waals surface area contributed by atoms with E-state index in [2.05, 4.69) is 10.3 Å².